The van der Waals surface area contributed by atoms with E-state index in [1.807, 2.05) is 0 Å². The lowest BCUT2D eigenvalue weighted by molar-refractivity contribution is -0.146. The van der Waals surface area contributed by atoms with Crippen molar-refractivity contribution in [2.24, 2.45) is 29.2 Å². The molecule has 4 heterocycles. The van der Waals surface area contributed by atoms with Gasteiger partial charge in [0.1, 0.15) is 96.7 Å². The van der Waals surface area contributed by atoms with Crippen LogP contribution in [0.5, 0.6) is 0 Å². The molecule has 7 rings (SSSR count). The van der Waals surface area contributed by atoms with Gasteiger partial charge in [0.15, 0.2) is 0 Å². The zero-order valence-electron chi connectivity index (χ0n) is 79.4. The lowest BCUT2D eigenvalue weighted by Crippen LogP contribution is -2.62. The second-order valence-electron chi connectivity index (χ2n) is 36.0. The van der Waals surface area contributed by atoms with Crippen LogP contribution in [0, 0.1) is 17.8 Å². The van der Waals surface area contributed by atoms with Crippen molar-refractivity contribution in [2.45, 2.75) is 273 Å². The van der Waals surface area contributed by atoms with Crippen molar-refractivity contribution in [2.75, 3.05) is 39.3 Å². The van der Waals surface area contributed by atoms with E-state index in [1.54, 1.807) is 112 Å². The number of aliphatic hydroxyl groups is 1. The van der Waals surface area contributed by atoms with Crippen LogP contribution in [0.2, 0.25) is 0 Å². The number of nitrogens with one attached hydrogen (secondary N) is 13. The maximum Gasteiger partial charge on any atom is 0.326 e. The number of carbonyl (C=O) groups is 23. The Labute approximate surface area is 811 Å². The number of amides is 18. The fraction of sp³-hybridized carbons (Fsp3) is 0.559. The Hall–Kier alpha value is -14.6. The first kappa shape index (κ1) is 113. The molecule has 23 N–H and O–H groups in total. The number of nitrogens with two attached hydrogens (primary N) is 2. The summed E-state index contributed by atoms with van der Waals surface area (Å²) in [4.78, 5) is 321. The van der Waals surface area contributed by atoms with Gasteiger partial charge in [-0.3, -0.25) is 105 Å². The van der Waals surface area contributed by atoms with Crippen molar-refractivity contribution in [3.63, 3.8) is 0 Å². The number of benzene rings is 3. The standard InChI is InChI=1S/C93H129N19O29/c1-8-50(6)77(108-82(129)59(44-72(121)122)102-88(135)75(48(2)3)107-81(128)58(41-53-24-14-10-15-25-53)101-85(132)64-29-19-38-111(64)91(138)62(45-73(123)124)104-79(126)55(32-34-70(117)118)98-68(115)46-97-87(134)74(95)51(7)113)92(139)112-39-21-31-66(112)83(130)99-56(33-35-71(119)120)80(127)103-61(43-67(94)114)90(137)110-37-20-30-65(110)86(133)105-60(42-54-26-16-11-17-27-54)89(136)109-36-18-28-63(109)84(131)100-57(40-52-22-12-9-13-23-52)78(125)96-47-69(116)106-76(49(4)5)93(140)141/h9-17,22-27,48-51,55-66,74-77,113H,8,18-21,28-47,95H2,1-7H3,(H2,94,114)(H,96,125)(H,97,134)(H,98,115)(H,99,130)(H,100,131)(H,101,132)(H,102,135)(H,103,127)(H,104,126)(H,105,133)(H,106,116)(H,107,128)(H,108,129)(H,117,118)(H,119,120)(H,121,122)(H,123,124)(H,140,141)/t50-,51+,55-,56-,57-,58-,59-,60-,61-,62-,63-,64-,65-,66-,74-,75-,76-,77-/m0/s1. The molecule has 0 unspecified atom stereocenters. The zero-order chi connectivity index (χ0) is 104. The Morgan fingerprint density at radius 2 is 0.674 bits per heavy atom. The van der Waals surface area contributed by atoms with Gasteiger partial charge >= 0.3 is 29.8 Å². The minimum atomic E-state index is -2.03. The highest BCUT2D eigenvalue weighted by Gasteiger charge is 2.48. The van der Waals surface area contributed by atoms with Gasteiger partial charge in [-0.15, -0.1) is 0 Å². The molecule has 3 aromatic rings. The minimum absolute atomic E-state index is 0.00261. The molecule has 4 aliphatic rings. The number of carboxylic acids is 5. The molecule has 141 heavy (non-hydrogen) atoms. The summed E-state index contributed by atoms with van der Waals surface area (Å²) in [5.41, 5.74) is 12.9. The third kappa shape index (κ3) is 34.5. The van der Waals surface area contributed by atoms with E-state index in [9.17, 15) is 131 Å². The number of hydrogen-bond donors (Lipinski definition) is 21. The van der Waals surface area contributed by atoms with Gasteiger partial charge in [-0.2, -0.15) is 0 Å². The second-order valence-corrected chi connectivity index (χ2v) is 36.0. The molecule has 770 valence electrons. The van der Waals surface area contributed by atoms with E-state index in [0.29, 0.717) is 16.7 Å². The van der Waals surface area contributed by atoms with Gasteiger partial charge in [0.2, 0.25) is 106 Å². The number of carboxylic acid groups (broad SMARTS) is 5. The highest BCUT2D eigenvalue weighted by atomic mass is 16.4. The van der Waals surface area contributed by atoms with Crippen molar-refractivity contribution in [1.82, 2.24) is 88.7 Å². The summed E-state index contributed by atoms with van der Waals surface area (Å²) in [6.45, 7) is 8.41. The Balaban J connectivity index is 1.03. The minimum Gasteiger partial charge on any atom is -0.481 e. The van der Waals surface area contributed by atoms with Crippen LogP contribution in [0.3, 0.4) is 0 Å². The Morgan fingerprint density at radius 1 is 0.348 bits per heavy atom. The summed E-state index contributed by atoms with van der Waals surface area (Å²) < 4.78 is 0. The lowest BCUT2D eigenvalue weighted by Gasteiger charge is -2.33. The number of likely N-dealkylation sites (tertiary alicyclic amines) is 4. The van der Waals surface area contributed by atoms with Crippen molar-refractivity contribution >= 4 is 136 Å². The molecular formula is C93H129N19O29. The molecule has 0 aromatic heterocycles. The Morgan fingerprint density at radius 3 is 1.06 bits per heavy atom. The quantitative estimate of drug-likeness (QED) is 0.0251. The second kappa shape index (κ2) is 54.7. The van der Waals surface area contributed by atoms with Crippen molar-refractivity contribution in [1.29, 1.82) is 0 Å². The molecule has 0 radical (unpaired) electrons. The molecule has 0 saturated carbocycles. The maximum absolute atomic E-state index is 15.1. The first-order chi connectivity index (χ1) is 66.7. The van der Waals surface area contributed by atoms with Crippen molar-refractivity contribution in [3.8, 4) is 0 Å². The van der Waals surface area contributed by atoms with Crippen molar-refractivity contribution in [3.05, 3.63) is 108 Å². The van der Waals surface area contributed by atoms with Crippen LogP contribution >= 0.6 is 0 Å². The van der Waals surface area contributed by atoms with Crippen LogP contribution in [0.15, 0.2) is 91.0 Å². The van der Waals surface area contributed by atoms with Gasteiger partial charge < -0.3 is 131 Å². The van der Waals surface area contributed by atoms with Crippen LogP contribution in [-0.2, 0) is 130 Å². The predicted molar refractivity (Wildman–Crippen MR) is 495 cm³/mol. The van der Waals surface area contributed by atoms with Gasteiger partial charge in [0.05, 0.1) is 38.5 Å². The molecule has 4 saturated heterocycles. The maximum atomic E-state index is 15.1. The van der Waals surface area contributed by atoms with Gasteiger partial charge in [0.25, 0.3) is 0 Å². The average Bonchev–Trinajstić information content (AvgIpc) is 1.75. The highest BCUT2D eigenvalue weighted by molar-refractivity contribution is 6.03. The number of rotatable bonds is 54. The van der Waals surface area contributed by atoms with Crippen LogP contribution in [0.1, 0.15) is 168 Å². The van der Waals surface area contributed by atoms with E-state index in [-0.39, 0.29) is 103 Å². The lowest BCUT2D eigenvalue weighted by atomic mass is 9.96. The van der Waals surface area contributed by atoms with Gasteiger partial charge in [0, 0.05) is 58.3 Å². The fourth-order valence-corrected chi connectivity index (χ4v) is 16.8. The Kier molecular flexibility index (Phi) is 44.0. The zero-order valence-corrected chi connectivity index (χ0v) is 79.4. The number of carbonyl (C=O) groups excluding carboxylic acids is 18. The normalized spacial score (nSPS) is 18.5. The number of nitrogens with zero attached hydrogens (tertiary/aromatic N) is 4. The third-order valence-electron chi connectivity index (χ3n) is 24.6. The number of aliphatic carboxylic acids is 5. The summed E-state index contributed by atoms with van der Waals surface area (Å²) in [6.07, 6.45) is -7.24. The van der Waals surface area contributed by atoms with E-state index >= 15 is 9.59 Å². The Bertz CT molecular complexity index is 5010. The summed E-state index contributed by atoms with van der Waals surface area (Å²) in [6, 6.07) is -0.483. The smallest absolute Gasteiger partial charge is 0.326 e. The topological polar surface area (TPSA) is 735 Å². The van der Waals surface area contributed by atoms with Crippen LogP contribution in [0.25, 0.3) is 0 Å². The van der Waals surface area contributed by atoms with E-state index in [0.717, 1.165) is 14.7 Å². The summed E-state index contributed by atoms with van der Waals surface area (Å²) >= 11 is 0. The summed E-state index contributed by atoms with van der Waals surface area (Å²) in [5, 5.41) is 90.7. The molecule has 18 atom stereocenters. The summed E-state index contributed by atoms with van der Waals surface area (Å²) in [7, 11) is 0. The van der Waals surface area contributed by atoms with Crippen LogP contribution < -0.4 is 80.6 Å². The van der Waals surface area contributed by atoms with Crippen molar-refractivity contribution < 1.29 is 141 Å². The van der Waals surface area contributed by atoms with E-state index in [2.05, 4.69) is 69.1 Å². The molecule has 0 bridgehead atoms. The van der Waals surface area contributed by atoms with E-state index in [1.165, 1.54) is 32.6 Å². The fourth-order valence-electron chi connectivity index (χ4n) is 16.8. The molecule has 3 aromatic carbocycles. The van der Waals surface area contributed by atoms with Gasteiger partial charge in [-0.1, -0.05) is 139 Å². The summed E-state index contributed by atoms with van der Waals surface area (Å²) in [5.74, 6) is -28.0. The molecule has 48 heteroatoms. The van der Waals surface area contributed by atoms with E-state index < -0.39 is 315 Å². The first-order valence-corrected chi connectivity index (χ1v) is 46.7. The average molecular weight is 1980 g/mol. The number of primary amides is 1. The molecule has 18 amide bonds. The van der Waals surface area contributed by atoms with Gasteiger partial charge in [-0.25, -0.2) is 4.79 Å². The van der Waals surface area contributed by atoms with Gasteiger partial charge in [-0.05, 0) is 106 Å². The van der Waals surface area contributed by atoms with Crippen LogP contribution in [0.4, 0.5) is 0 Å². The predicted octanol–water partition coefficient (Wildman–Crippen LogP) is -5.05. The molecule has 4 aliphatic heterocycles. The third-order valence-corrected chi connectivity index (χ3v) is 24.6. The molecule has 4 fully saturated rings. The molecular weight excluding hydrogens is 1850 g/mol. The van der Waals surface area contributed by atoms with Crippen LogP contribution in [-0.4, -0.2) is 328 Å². The SMILES string of the molecule is CC[C@H](C)[C@H](NC(=O)[C@H](CC(=O)O)NC(=O)[C@@H](NC(=O)[C@H](Cc1ccccc1)NC(=O)[C@@H]1CCCN1C(=O)[C@H](CC(=O)O)NC(=O)[C@H](CCC(=O)O)NC(=O)CNC(=O)[C@@H](N)[C@@H](C)O)C(C)C)C(=O)N1CCC[C@H]1C(=O)N[C@@H](CCC(=O)O)C(=O)N[C@@H](CC(N)=O)C(=O)N1CCC[C@H]1C(=O)N[C@@H](Cc1ccccc1)C(=O)N1CCC[C@H]1C(=O)N[C@@H](Cc1ccccc1)C(=O)NCC(=O)N[C@H](C(=O)O)C(C)C. The first-order valence-electron chi connectivity index (χ1n) is 46.7. The monoisotopic (exact) mass is 1980 g/mol. The molecule has 0 aliphatic carbocycles. The number of aliphatic hydroxyl groups excluding tert-OH is 1. The highest BCUT2D eigenvalue weighted by Crippen LogP contribution is 2.28. The largest absolute Gasteiger partial charge is 0.481 e. The number of hydrogen-bond acceptors (Lipinski definition) is 25. The molecule has 0 spiro atoms. The molecule has 48 nitrogen and oxygen atoms in total. The van der Waals surface area contributed by atoms with E-state index in [4.69, 9.17) is 11.5 Å².